The van der Waals surface area contributed by atoms with Crippen molar-refractivity contribution in [1.82, 2.24) is 0 Å². The first-order chi connectivity index (χ1) is 13.0. The molecule has 7 nitrogen and oxygen atoms in total. The van der Waals surface area contributed by atoms with Crippen molar-refractivity contribution in [3.63, 3.8) is 0 Å². The summed E-state index contributed by atoms with van der Waals surface area (Å²) in [5, 5.41) is 11.9. The van der Waals surface area contributed by atoms with E-state index in [1.54, 1.807) is 0 Å². The van der Waals surface area contributed by atoms with Crippen molar-refractivity contribution < 1.29 is 58.7 Å². The molecule has 0 spiro atoms. The van der Waals surface area contributed by atoms with Crippen molar-refractivity contribution in [3.05, 3.63) is 28.3 Å². The van der Waals surface area contributed by atoms with Crippen molar-refractivity contribution in [2.45, 2.75) is 29.7 Å². The molecule has 1 atom stereocenters. The summed E-state index contributed by atoms with van der Waals surface area (Å²) in [4.78, 5) is 21.3. The number of hydrogen-bond acceptors (Lipinski definition) is 5. The fraction of sp³-hybridized carbons (Fsp3) is 0.462. The van der Waals surface area contributed by atoms with Crippen molar-refractivity contribution in [2.24, 2.45) is 0 Å². The van der Waals surface area contributed by atoms with E-state index in [4.69, 9.17) is 0 Å². The third-order valence-corrected chi connectivity index (χ3v) is 3.77. The first-order valence-electron chi connectivity index (χ1n) is 7.00. The van der Waals surface area contributed by atoms with Crippen LogP contribution in [0.2, 0.25) is 0 Å². The fourth-order valence-corrected chi connectivity index (χ4v) is 2.19. The number of hydrogen-bond donors (Lipinski definition) is 1. The molecule has 0 aromatic heterocycles. The van der Waals surface area contributed by atoms with Gasteiger partial charge in [-0.25, -0.2) is 0 Å². The van der Waals surface area contributed by atoms with Crippen LogP contribution in [0.1, 0.15) is 0 Å². The number of carbonyl (C=O) groups excluding carboxylic acids is 1. The smallest absolute Gasteiger partial charge is 0.428 e. The number of nitro groups is 1. The van der Waals surface area contributed by atoms with Gasteiger partial charge in [0.25, 0.3) is 5.69 Å². The van der Waals surface area contributed by atoms with Gasteiger partial charge < -0.3 is 10.1 Å². The zero-order chi connectivity index (χ0) is 22.6. The van der Waals surface area contributed by atoms with Crippen LogP contribution in [0.25, 0.3) is 0 Å². The number of ether oxygens (including phenoxy) is 2. The quantitative estimate of drug-likeness (QED) is 0.427. The number of rotatable bonds is 5. The summed E-state index contributed by atoms with van der Waals surface area (Å²) in [7, 11) is 1.04. The molecule has 1 aromatic rings. The molecule has 2 rings (SSSR count). The summed E-state index contributed by atoms with van der Waals surface area (Å²) in [6.45, 7) is 0. The molecule has 1 heterocycles. The van der Waals surface area contributed by atoms with Gasteiger partial charge in [-0.2, -0.15) is 39.5 Å². The molecule has 0 aliphatic carbocycles. The number of nitrogens with zero attached hydrogens (tertiary/aromatic N) is 1. The molecule has 0 saturated carbocycles. The third kappa shape index (κ3) is 2.92. The van der Waals surface area contributed by atoms with E-state index in [1.807, 2.05) is 0 Å². The van der Waals surface area contributed by atoms with Gasteiger partial charge in [0.2, 0.25) is 0 Å². The Bertz CT molecular complexity index is 863. The summed E-state index contributed by atoms with van der Waals surface area (Å²) >= 11 is 0. The van der Waals surface area contributed by atoms with Crippen LogP contribution in [0.15, 0.2) is 18.2 Å². The summed E-state index contributed by atoms with van der Waals surface area (Å²) in [5.41, 5.74) is -2.29. The number of alkyl halides is 9. The number of nitro benzene ring substituents is 1. The molecule has 1 aliphatic rings. The highest BCUT2D eigenvalue weighted by atomic mass is 19.4. The first-order valence-corrected chi connectivity index (χ1v) is 7.00. The predicted octanol–water partition coefficient (Wildman–Crippen LogP) is 3.74. The Kier molecular flexibility index (Phi) is 4.94. The van der Waals surface area contributed by atoms with Crippen LogP contribution in [-0.2, 0) is 9.53 Å². The topological polar surface area (TPSA) is 90.7 Å². The van der Waals surface area contributed by atoms with Crippen molar-refractivity contribution in [1.29, 1.82) is 0 Å². The van der Waals surface area contributed by atoms with Crippen LogP contribution in [0, 0.1) is 10.1 Å². The van der Waals surface area contributed by atoms with E-state index in [-0.39, 0.29) is 5.75 Å². The Labute approximate surface area is 153 Å². The molecule has 1 aliphatic heterocycles. The molecule has 1 saturated heterocycles. The molecule has 0 unspecified atom stereocenters. The molecule has 1 aromatic carbocycles. The molecule has 29 heavy (non-hydrogen) atoms. The maximum absolute atomic E-state index is 14.1. The van der Waals surface area contributed by atoms with Gasteiger partial charge >= 0.3 is 35.6 Å². The van der Waals surface area contributed by atoms with E-state index in [1.165, 1.54) is 0 Å². The lowest BCUT2D eigenvalue weighted by molar-refractivity contribution is -0.384. The van der Waals surface area contributed by atoms with Gasteiger partial charge in [0.1, 0.15) is 11.4 Å². The standard InChI is InChI=1S/C13H7F9N2O5/c1-28-5-2-3-6(7(4-5)24(26)27)23-8(25)9(14,15)12(20)10(16,17)11(18,19)13(21,22)29-12/h2-4H,1H3,(H,23,25)/t12-/m1/s1. The highest BCUT2D eigenvalue weighted by molar-refractivity contribution is 5.99. The summed E-state index contributed by atoms with van der Waals surface area (Å²) < 4.78 is 128. The molecule has 1 N–H and O–H groups in total. The van der Waals surface area contributed by atoms with Gasteiger partial charge in [-0.05, 0) is 12.1 Å². The van der Waals surface area contributed by atoms with E-state index < -0.39 is 51.9 Å². The summed E-state index contributed by atoms with van der Waals surface area (Å²) in [6.07, 6.45) is -6.40. The molecular weight excluding hydrogens is 435 g/mol. The lowest BCUT2D eigenvalue weighted by Crippen LogP contribution is -2.63. The number of carbonyl (C=O) groups is 1. The van der Waals surface area contributed by atoms with E-state index in [9.17, 15) is 54.4 Å². The minimum atomic E-state index is -6.86. The Morgan fingerprint density at radius 3 is 2.10 bits per heavy atom. The fourth-order valence-electron chi connectivity index (χ4n) is 2.19. The monoisotopic (exact) mass is 442 g/mol. The number of nitrogens with one attached hydrogen (secondary N) is 1. The van der Waals surface area contributed by atoms with Gasteiger partial charge in [-0.15, -0.1) is 0 Å². The van der Waals surface area contributed by atoms with Gasteiger partial charge in [0.15, 0.2) is 0 Å². The van der Waals surface area contributed by atoms with E-state index in [2.05, 4.69) is 9.47 Å². The van der Waals surface area contributed by atoms with Crippen molar-refractivity contribution in [3.8, 4) is 5.75 Å². The largest absolute Gasteiger partial charge is 0.496 e. The maximum Gasteiger partial charge on any atom is 0.428 e. The normalized spacial score (nSPS) is 24.8. The number of benzene rings is 1. The highest BCUT2D eigenvalue weighted by Gasteiger charge is 2.96. The van der Waals surface area contributed by atoms with Gasteiger partial charge in [0.05, 0.1) is 18.1 Å². The molecule has 1 fully saturated rings. The van der Waals surface area contributed by atoms with Crippen molar-refractivity contribution >= 4 is 17.3 Å². The number of methoxy groups -OCH3 is 1. The molecular formula is C13H7F9N2O5. The second-order valence-electron chi connectivity index (χ2n) is 5.53. The average Bonchev–Trinajstić information content (AvgIpc) is 2.69. The van der Waals surface area contributed by atoms with Crippen LogP contribution in [0.5, 0.6) is 5.75 Å². The Morgan fingerprint density at radius 1 is 1.14 bits per heavy atom. The van der Waals surface area contributed by atoms with E-state index >= 15 is 0 Å². The summed E-state index contributed by atoms with van der Waals surface area (Å²) in [6, 6.07) is 1.98. The Balaban J connectivity index is 2.47. The summed E-state index contributed by atoms with van der Waals surface area (Å²) in [5.74, 6) is -29.9. The van der Waals surface area contributed by atoms with Gasteiger partial charge in [-0.3, -0.25) is 19.6 Å². The Morgan fingerprint density at radius 2 is 1.69 bits per heavy atom. The van der Waals surface area contributed by atoms with Gasteiger partial charge in [-0.1, -0.05) is 0 Å². The molecule has 16 heteroatoms. The average molecular weight is 442 g/mol. The van der Waals surface area contributed by atoms with Crippen LogP contribution in [-0.4, -0.2) is 47.7 Å². The lowest BCUT2D eigenvalue weighted by atomic mass is 9.99. The van der Waals surface area contributed by atoms with Crippen LogP contribution >= 0.6 is 0 Å². The molecule has 0 radical (unpaired) electrons. The van der Waals surface area contributed by atoms with Crippen molar-refractivity contribution in [2.75, 3.05) is 12.4 Å². The SMILES string of the molecule is COc1ccc(NC(=O)C(F)(F)[C@@]2(F)OC(F)(F)C(F)(F)C2(F)F)c([N+](=O)[O-])c1. The van der Waals surface area contributed by atoms with Gasteiger partial charge in [0, 0.05) is 0 Å². The lowest BCUT2D eigenvalue weighted by Gasteiger charge is -2.31. The van der Waals surface area contributed by atoms with E-state index in [0.717, 1.165) is 18.5 Å². The molecule has 0 bridgehead atoms. The first kappa shape index (κ1) is 22.5. The molecule has 1 amide bonds. The highest BCUT2D eigenvalue weighted by Crippen LogP contribution is 2.64. The predicted molar refractivity (Wildman–Crippen MR) is 73.0 cm³/mol. The zero-order valence-electron chi connectivity index (χ0n) is 13.6. The van der Waals surface area contributed by atoms with Crippen LogP contribution < -0.4 is 10.1 Å². The molecule has 162 valence electrons. The third-order valence-electron chi connectivity index (χ3n) is 3.77. The number of halogens is 9. The minimum absolute atomic E-state index is 0.228. The van der Waals surface area contributed by atoms with Crippen LogP contribution in [0.4, 0.5) is 50.9 Å². The van der Waals surface area contributed by atoms with Crippen LogP contribution in [0.3, 0.4) is 0 Å². The zero-order valence-corrected chi connectivity index (χ0v) is 13.6. The number of amides is 1. The van der Waals surface area contributed by atoms with E-state index in [0.29, 0.717) is 12.1 Å². The number of anilines is 1. The second kappa shape index (κ2) is 6.36. The Hall–Kier alpha value is -2.78. The minimum Gasteiger partial charge on any atom is -0.496 e. The second-order valence-corrected chi connectivity index (χ2v) is 5.53. The maximum atomic E-state index is 14.1.